The molecular weight excluding hydrogens is 619 g/mol. The normalized spacial score (nSPS) is 16.1. The van der Waals surface area contributed by atoms with E-state index in [1.165, 1.54) is 34.4 Å². The molecular formula is C35H35N5O4S2. The summed E-state index contributed by atoms with van der Waals surface area (Å²) < 4.78 is 8.48. The lowest BCUT2D eigenvalue weighted by molar-refractivity contribution is -0.132. The minimum atomic E-state index is -0.941. The second-order valence-electron chi connectivity index (χ2n) is 11.2. The second kappa shape index (κ2) is 13.9. The fourth-order valence-corrected chi connectivity index (χ4v) is 7.39. The number of aliphatic hydroxyl groups is 1. The highest BCUT2D eigenvalue weighted by atomic mass is 32.2. The van der Waals surface area contributed by atoms with Gasteiger partial charge in [-0.15, -0.1) is 10.2 Å². The Morgan fingerprint density at radius 2 is 1.76 bits per heavy atom. The number of aliphatic hydroxyl groups excluding tert-OH is 1. The molecule has 0 saturated carbocycles. The summed E-state index contributed by atoms with van der Waals surface area (Å²) >= 11 is 2.75. The topological polar surface area (TPSA) is 110 Å². The zero-order chi connectivity index (χ0) is 32.2. The summed E-state index contributed by atoms with van der Waals surface area (Å²) in [7, 11) is 0. The van der Waals surface area contributed by atoms with E-state index < -0.39 is 17.7 Å². The third kappa shape index (κ3) is 6.29. The Hall–Kier alpha value is -4.48. The van der Waals surface area contributed by atoms with Gasteiger partial charge in [-0.25, -0.2) is 4.98 Å². The molecule has 9 nitrogen and oxygen atoms in total. The third-order valence-corrected chi connectivity index (χ3v) is 10.1. The highest BCUT2D eigenvalue weighted by Gasteiger charge is 2.49. The molecule has 0 bridgehead atoms. The fraction of sp³-hybridized carbons (Fsp3) is 0.286. The summed E-state index contributed by atoms with van der Waals surface area (Å²) in [6.07, 6.45) is 6.26. The van der Waals surface area contributed by atoms with Crippen molar-refractivity contribution in [3.8, 4) is 5.75 Å². The van der Waals surface area contributed by atoms with Crippen LogP contribution in [0.4, 0.5) is 5.13 Å². The molecule has 0 aliphatic carbocycles. The van der Waals surface area contributed by atoms with Gasteiger partial charge in [0.2, 0.25) is 5.13 Å². The monoisotopic (exact) mass is 653 g/mol. The van der Waals surface area contributed by atoms with Gasteiger partial charge in [-0.2, -0.15) is 0 Å². The molecule has 1 saturated heterocycles. The summed E-state index contributed by atoms with van der Waals surface area (Å²) in [5.74, 6) is -0.536. The number of imidazole rings is 1. The fourth-order valence-electron chi connectivity index (χ4n) is 5.56. The van der Waals surface area contributed by atoms with E-state index in [4.69, 9.17) is 9.72 Å². The van der Waals surface area contributed by atoms with E-state index in [0.717, 1.165) is 30.4 Å². The SMILES string of the molecule is CCCCCCOc1ccc(C2/C(=C(\O)c3nc4c(C)cccn4c3C)C(=O)C(=O)N2c2nnc(SCc3ccccc3)s2)cc1. The number of unbranched alkanes of at least 4 members (excludes halogenated alkanes) is 3. The number of hydrogen-bond donors (Lipinski definition) is 1. The molecule has 2 aromatic carbocycles. The van der Waals surface area contributed by atoms with Crippen LogP contribution < -0.4 is 9.64 Å². The van der Waals surface area contributed by atoms with Crippen molar-refractivity contribution >= 4 is 51.3 Å². The van der Waals surface area contributed by atoms with Gasteiger partial charge in [0.15, 0.2) is 10.1 Å². The molecule has 11 heteroatoms. The molecule has 4 heterocycles. The standard InChI is InChI=1S/C35H35N5O4S2/c1-4-5-6-10-20-44-26-17-15-25(16-18-26)29-27(30(41)28-23(3)39-19-11-12-22(2)32(39)36-28)31(42)33(43)40(29)34-37-38-35(46-34)45-21-24-13-8-7-9-14-24/h7-9,11-19,29,41H,4-6,10,20-21H2,1-3H3/b30-27+. The molecule has 1 fully saturated rings. The number of carbonyl (C=O) groups excluding carboxylic acids is 2. The zero-order valence-electron chi connectivity index (χ0n) is 26.0. The van der Waals surface area contributed by atoms with E-state index in [1.54, 1.807) is 0 Å². The highest BCUT2D eigenvalue weighted by Crippen LogP contribution is 2.44. The van der Waals surface area contributed by atoms with E-state index in [1.807, 2.05) is 91.2 Å². The molecule has 0 radical (unpaired) electrons. The number of thioether (sulfide) groups is 1. The van der Waals surface area contributed by atoms with Crippen LogP contribution in [0.5, 0.6) is 5.75 Å². The molecule has 1 aliphatic heterocycles. The summed E-state index contributed by atoms with van der Waals surface area (Å²) in [5.41, 5.74) is 4.21. The van der Waals surface area contributed by atoms with Crippen molar-refractivity contribution in [2.45, 2.75) is 62.6 Å². The lowest BCUT2D eigenvalue weighted by atomic mass is 9.96. The number of amides is 1. The van der Waals surface area contributed by atoms with Crippen LogP contribution in [0.1, 0.15) is 66.7 Å². The minimum Gasteiger partial charge on any atom is -0.505 e. The number of aryl methyl sites for hydroxylation is 2. The first-order valence-electron chi connectivity index (χ1n) is 15.4. The summed E-state index contributed by atoms with van der Waals surface area (Å²) in [6.45, 7) is 6.54. The number of fused-ring (bicyclic) bond motifs is 1. The molecule has 46 heavy (non-hydrogen) atoms. The molecule has 3 aromatic heterocycles. The number of anilines is 1. The summed E-state index contributed by atoms with van der Waals surface area (Å²) in [4.78, 5) is 33.6. The molecule has 6 rings (SSSR count). The number of benzene rings is 2. The molecule has 1 unspecified atom stereocenters. The predicted octanol–water partition coefficient (Wildman–Crippen LogP) is 7.68. The molecule has 1 aliphatic rings. The Bertz CT molecular complexity index is 1900. The smallest absolute Gasteiger partial charge is 0.301 e. The van der Waals surface area contributed by atoms with E-state index >= 15 is 0 Å². The van der Waals surface area contributed by atoms with E-state index in [0.29, 0.717) is 39.4 Å². The maximum absolute atomic E-state index is 13.8. The van der Waals surface area contributed by atoms with E-state index in [9.17, 15) is 14.7 Å². The van der Waals surface area contributed by atoms with Crippen LogP contribution in [-0.2, 0) is 15.3 Å². The Morgan fingerprint density at radius 1 is 0.978 bits per heavy atom. The van der Waals surface area contributed by atoms with Crippen molar-refractivity contribution in [2.75, 3.05) is 11.5 Å². The molecule has 1 N–H and O–H groups in total. The first-order chi connectivity index (χ1) is 22.4. The lowest BCUT2D eigenvalue weighted by Gasteiger charge is -2.22. The minimum absolute atomic E-state index is 0.0453. The van der Waals surface area contributed by atoms with E-state index in [-0.39, 0.29) is 22.2 Å². The average molecular weight is 654 g/mol. The number of nitrogens with zero attached hydrogens (tertiary/aromatic N) is 5. The molecule has 5 aromatic rings. The average Bonchev–Trinajstić information content (AvgIpc) is 3.75. The largest absolute Gasteiger partial charge is 0.505 e. The quantitative estimate of drug-likeness (QED) is 0.0365. The van der Waals surface area contributed by atoms with Gasteiger partial charge in [0, 0.05) is 11.9 Å². The number of ether oxygens (including phenoxy) is 1. The maximum Gasteiger partial charge on any atom is 0.301 e. The number of rotatable bonds is 12. The number of hydrogen-bond acceptors (Lipinski definition) is 9. The summed E-state index contributed by atoms with van der Waals surface area (Å²) in [5, 5.41) is 20.7. The van der Waals surface area contributed by atoms with E-state index in [2.05, 4.69) is 17.1 Å². The maximum atomic E-state index is 13.8. The van der Waals surface area contributed by atoms with Crippen molar-refractivity contribution in [1.82, 2.24) is 19.6 Å². The lowest BCUT2D eigenvalue weighted by Crippen LogP contribution is -2.29. The Morgan fingerprint density at radius 3 is 2.50 bits per heavy atom. The van der Waals surface area contributed by atoms with Crippen molar-refractivity contribution in [3.63, 3.8) is 0 Å². The number of pyridine rings is 1. The number of Topliss-reactive ketones (excluding diaryl/α,β-unsaturated/α-hetero) is 1. The van der Waals surface area contributed by atoms with Gasteiger partial charge in [-0.1, -0.05) is 97.8 Å². The first kappa shape index (κ1) is 31.5. The van der Waals surface area contributed by atoms with Crippen molar-refractivity contribution < 1.29 is 19.4 Å². The van der Waals surface area contributed by atoms with Gasteiger partial charge in [0.1, 0.15) is 17.1 Å². The Kier molecular flexibility index (Phi) is 9.51. The van der Waals surface area contributed by atoms with Crippen LogP contribution in [0.2, 0.25) is 0 Å². The van der Waals surface area contributed by atoms with Crippen LogP contribution in [0.3, 0.4) is 0 Å². The van der Waals surface area contributed by atoms with Crippen LogP contribution in [0.25, 0.3) is 11.4 Å². The summed E-state index contributed by atoms with van der Waals surface area (Å²) in [6, 6.07) is 20.2. The van der Waals surface area contributed by atoms with Gasteiger partial charge in [0.05, 0.1) is 23.9 Å². The van der Waals surface area contributed by atoms with Crippen molar-refractivity contribution in [1.29, 1.82) is 0 Å². The van der Waals surface area contributed by atoms with Gasteiger partial charge in [0.25, 0.3) is 5.78 Å². The van der Waals surface area contributed by atoms with Gasteiger partial charge in [-0.05, 0) is 55.2 Å². The van der Waals surface area contributed by atoms with Gasteiger partial charge in [-0.3, -0.25) is 14.5 Å². The third-order valence-electron chi connectivity index (χ3n) is 8.02. The molecule has 1 atom stereocenters. The van der Waals surface area contributed by atoms with Crippen LogP contribution >= 0.6 is 23.1 Å². The first-order valence-corrected chi connectivity index (χ1v) is 17.2. The van der Waals surface area contributed by atoms with Gasteiger partial charge < -0.3 is 14.2 Å². The molecule has 236 valence electrons. The van der Waals surface area contributed by atoms with Crippen LogP contribution in [-0.4, -0.2) is 43.0 Å². The zero-order valence-corrected chi connectivity index (χ0v) is 27.6. The van der Waals surface area contributed by atoms with Crippen LogP contribution in [0.15, 0.2) is 82.8 Å². The van der Waals surface area contributed by atoms with Crippen molar-refractivity contribution in [3.05, 3.63) is 107 Å². The number of ketones is 1. The molecule has 0 spiro atoms. The number of aromatic nitrogens is 4. The van der Waals surface area contributed by atoms with Crippen LogP contribution in [0, 0.1) is 13.8 Å². The predicted molar refractivity (Wildman–Crippen MR) is 181 cm³/mol. The second-order valence-corrected chi connectivity index (χ2v) is 13.4. The number of carbonyl (C=O) groups is 2. The molecule has 1 amide bonds. The van der Waals surface area contributed by atoms with Gasteiger partial charge >= 0.3 is 5.91 Å². The Labute approximate surface area is 276 Å². The van der Waals surface area contributed by atoms with Crippen molar-refractivity contribution in [2.24, 2.45) is 0 Å². The highest BCUT2D eigenvalue weighted by molar-refractivity contribution is 8.00. The Balaban J connectivity index is 1.38.